The number of carbonyl (C=O) groups excluding carboxylic acids is 2. The summed E-state index contributed by atoms with van der Waals surface area (Å²) in [4.78, 5) is 23.9. The molecule has 1 atom stereocenters. The maximum Gasteiger partial charge on any atom is 0.267 e. The first-order valence-electron chi connectivity index (χ1n) is 7.70. The molecular formula is C18H23N3O4. The summed E-state index contributed by atoms with van der Waals surface area (Å²) >= 11 is 0. The molecule has 1 aromatic carbocycles. The quantitative estimate of drug-likeness (QED) is 0.288. The van der Waals surface area contributed by atoms with Crippen molar-refractivity contribution in [2.24, 2.45) is 5.73 Å². The molecule has 0 aliphatic carbocycles. The van der Waals surface area contributed by atoms with Crippen LogP contribution in [0, 0.1) is 11.8 Å². The number of benzene rings is 1. The summed E-state index contributed by atoms with van der Waals surface area (Å²) in [6, 6.07) is 5.41. The summed E-state index contributed by atoms with van der Waals surface area (Å²) in [5.41, 5.74) is 7.36. The number of carbonyl (C=O) groups is 2. The zero-order valence-corrected chi connectivity index (χ0v) is 14.2. The first-order valence-corrected chi connectivity index (χ1v) is 7.70. The SMILES string of the molecule is CC(C)(N)C(NC(=O)c1ccc(C#C/C=C/CCO)cc1)C(=O)NO. The Bertz CT molecular complexity index is 679. The monoisotopic (exact) mass is 345 g/mol. The Morgan fingerprint density at radius 1 is 1.32 bits per heavy atom. The molecule has 0 radical (unpaired) electrons. The molecule has 1 unspecified atom stereocenters. The first-order chi connectivity index (χ1) is 11.8. The molecule has 0 fully saturated rings. The molecule has 0 heterocycles. The summed E-state index contributed by atoms with van der Waals surface area (Å²) in [7, 11) is 0. The van der Waals surface area contributed by atoms with Crippen LogP contribution in [0.1, 0.15) is 36.2 Å². The average Bonchev–Trinajstić information content (AvgIpc) is 2.58. The van der Waals surface area contributed by atoms with Gasteiger partial charge in [-0.25, -0.2) is 5.48 Å². The Kier molecular flexibility index (Phi) is 7.82. The highest BCUT2D eigenvalue weighted by Crippen LogP contribution is 2.09. The fourth-order valence-corrected chi connectivity index (χ4v) is 1.92. The van der Waals surface area contributed by atoms with Gasteiger partial charge in [-0.2, -0.15) is 0 Å². The molecule has 25 heavy (non-hydrogen) atoms. The lowest BCUT2D eigenvalue weighted by Crippen LogP contribution is -2.61. The summed E-state index contributed by atoms with van der Waals surface area (Å²) in [5, 5.41) is 19.9. The highest BCUT2D eigenvalue weighted by atomic mass is 16.5. The molecule has 7 nitrogen and oxygen atoms in total. The van der Waals surface area contributed by atoms with Crippen LogP contribution in [0.2, 0.25) is 0 Å². The van der Waals surface area contributed by atoms with Gasteiger partial charge in [0.2, 0.25) is 0 Å². The van der Waals surface area contributed by atoms with E-state index in [-0.39, 0.29) is 6.61 Å². The highest BCUT2D eigenvalue weighted by Gasteiger charge is 2.33. The molecule has 6 N–H and O–H groups in total. The van der Waals surface area contributed by atoms with E-state index in [0.29, 0.717) is 17.5 Å². The molecular weight excluding hydrogens is 322 g/mol. The van der Waals surface area contributed by atoms with Crippen molar-refractivity contribution in [1.82, 2.24) is 10.8 Å². The van der Waals surface area contributed by atoms with E-state index in [1.54, 1.807) is 50.3 Å². The van der Waals surface area contributed by atoms with E-state index in [0.717, 1.165) is 0 Å². The van der Waals surface area contributed by atoms with Crippen LogP contribution in [0.4, 0.5) is 0 Å². The van der Waals surface area contributed by atoms with E-state index in [9.17, 15) is 9.59 Å². The van der Waals surface area contributed by atoms with Crippen molar-refractivity contribution in [1.29, 1.82) is 0 Å². The Hall–Kier alpha value is -2.66. The van der Waals surface area contributed by atoms with Gasteiger partial charge in [-0.3, -0.25) is 14.8 Å². The lowest BCUT2D eigenvalue weighted by atomic mass is 9.95. The number of hydrogen-bond acceptors (Lipinski definition) is 5. The molecule has 134 valence electrons. The average molecular weight is 345 g/mol. The van der Waals surface area contributed by atoms with Crippen molar-refractivity contribution >= 4 is 11.8 Å². The normalized spacial score (nSPS) is 12.2. The van der Waals surface area contributed by atoms with Crippen LogP contribution in [0.25, 0.3) is 0 Å². The van der Waals surface area contributed by atoms with Crippen LogP contribution in [0.5, 0.6) is 0 Å². The van der Waals surface area contributed by atoms with Crippen molar-refractivity contribution < 1.29 is 19.9 Å². The minimum Gasteiger partial charge on any atom is -0.396 e. The first kappa shape index (κ1) is 20.4. The topological polar surface area (TPSA) is 125 Å². The molecule has 2 amide bonds. The minimum absolute atomic E-state index is 0.0803. The summed E-state index contributed by atoms with van der Waals surface area (Å²) in [5.74, 6) is 4.43. The number of nitrogens with two attached hydrogens (primary N) is 1. The molecule has 1 rings (SSSR count). The zero-order valence-electron chi connectivity index (χ0n) is 14.2. The molecule has 7 heteroatoms. The number of rotatable bonds is 6. The van der Waals surface area contributed by atoms with Gasteiger partial charge in [-0.05, 0) is 50.6 Å². The van der Waals surface area contributed by atoms with Crippen LogP contribution >= 0.6 is 0 Å². The molecule has 0 aliphatic rings. The van der Waals surface area contributed by atoms with Gasteiger partial charge in [-0.15, -0.1) is 0 Å². The Labute approximate surface area is 146 Å². The van der Waals surface area contributed by atoms with Crippen LogP contribution in [0.3, 0.4) is 0 Å². The third-order valence-corrected chi connectivity index (χ3v) is 3.25. The van der Waals surface area contributed by atoms with Gasteiger partial charge in [-0.1, -0.05) is 17.9 Å². The second-order valence-corrected chi connectivity index (χ2v) is 5.97. The van der Waals surface area contributed by atoms with Gasteiger partial charge < -0.3 is 16.2 Å². The van der Waals surface area contributed by atoms with Crippen LogP contribution in [-0.4, -0.2) is 40.3 Å². The summed E-state index contributed by atoms with van der Waals surface area (Å²) in [6.07, 6.45) is 3.96. The Balaban J connectivity index is 2.81. The molecule has 1 aromatic rings. The lowest BCUT2D eigenvalue weighted by molar-refractivity contribution is -0.132. The predicted octanol–water partition coefficient (Wildman–Crippen LogP) is 0.318. The zero-order chi connectivity index (χ0) is 18.9. The van der Waals surface area contributed by atoms with Crippen molar-refractivity contribution in [3.63, 3.8) is 0 Å². The second-order valence-electron chi connectivity index (χ2n) is 5.97. The van der Waals surface area contributed by atoms with Crippen LogP contribution in [-0.2, 0) is 4.79 Å². The molecule has 0 saturated heterocycles. The molecule has 0 saturated carbocycles. The number of hydrogen-bond donors (Lipinski definition) is 5. The van der Waals surface area contributed by atoms with Crippen molar-refractivity contribution in [3.05, 3.63) is 47.5 Å². The molecule has 0 aliphatic heterocycles. The molecule has 0 aromatic heterocycles. The van der Waals surface area contributed by atoms with E-state index in [4.69, 9.17) is 16.0 Å². The van der Waals surface area contributed by atoms with Gasteiger partial charge in [0.05, 0.1) is 0 Å². The van der Waals surface area contributed by atoms with Crippen molar-refractivity contribution in [2.75, 3.05) is 6.61 Å². The van der Waals surface area contributed by atoms with Gasteiger partial charge >= 0.3 is 0 Å². The lowest BCUT2D eigenvalue weighted by Gasteiger charge is -2.29. The standard InChI is InChI=1S/C18H23N3O4/c1-18(2,19)15(17(24)21-25)20-16(23)14-10-8-13(9-11-14)7-5-3-4-6-12-22/h3-4,8-11,15,22,25H,6,12,19H2,1-2H3,(H,20,23)(H,21,24)/b4-3+. The summed E-state index contributed by atoms with van der Waals surface area (Å²) in [6.45, 7) is 3.21. The number of aliphatic hydroxyl groups excluding tert-OH is 1. The van der Waals surface area contributed by atoms with Gasteiger partial charge in [0, 0.05) is 23.3 Å². The molecule has 0 bridgehead atoms. The van der Waals surface area contributed by atoms with Gasteiger partial charge in [0.15, 0.2) is 0 Å². The number of allylic oxidation sites excluding steroid dienone is 1. The molecule has 0 spiro atoms. The summed E-state index contributed by atoms with van der Waals surface area (Å²) < 4.78 is 0. The van der Waals surface area contributed by atoms with Crippen LogP contribution < -0.4 is 16.5 Å². The van der Waals surface area contributed by atoms with E-state index >= 15 is 0 Å². The predicted molar refractivity (Wildman–Crippen MR) is 93.6 cm³/mol. The van der Waals surface area contributed by atoms with E-state index in [1.165, 1.54) is 5.48 Å². The maximum atomic E-state index is 12.3. The van der Waals surface area contributed by atoms with E-state index < -0.39 is 23.4 Å². The van der Waals surface area contributed by atoms with E-state index in [2.05, 4.69) is 17.2 Å². The van der Waals surface area contributed by atoms with Crippen molar-refractivity contribution in [2.45, 2.75) is 31.8 Å². The maximum absolute atomic E-state index is 12.3. The number of nitrogens with one attached hydrogen (secondary N) is 2. The largest absolute Gasteiger partial charge is 0.396 e. The Morgan fingerprint density at radius 2 is 1.96 bits per heavy atom. The smallest absolute Gasteiger partial charge is 0.267 e. The fourth-order valence-electron chi connectivity index (χ4n) is 1.92. The second kappa shape index (κ2) is 9.59. The van der Waals surface area contributed by atoms with E-state index in [1.807, 2.05) is 0 Å². The number of aliphatic hydroxyl groups is 1. The Morgan fingerprint density at radius 3 is 2.48 bits per heavy atom. The number of hydroxylamine groups is 1. The van der Waals surface area contributed by atoms with Crippen LogP contribution in [0.15, 0.2) is 36.4 Å². The third-order valence-electron chi connectivity index (χ3n) is 3.25. The number of amides is 2. The highest BCUT2D eigenvalue weighted by molar-refractivity contribution is 5.97. The fraction of sp³-hybridized carbons (Fsp3) is 0.333. The van der Waals surface area contributed by atoms with Gasteiger partial charge in [0.1, 0.15) is 6.04 Å². The minimum atomic E-state index is -1.10. The van der Waals surface area contributed by atoms with Gasteiger partial charge in [0.25, 0.3) is 11.8 Å². The van der Waals surface area contributed by atoms with Crippen molar-refractivity contribution in [3.8, 4) is 11.8 Å². The third kappa shape index (κ3) is 6.77.